The van der Waals surface area contributed by atoms with Gasteiger partial charge in [-0.3, -0.25) is 9.69 Å². The highest BCUT2D eigenvalue weighted by Gasteiger charge is 2.46. The van der Waals surface area contributed by atoms with Crippen LogP contribution in [0.15, 0.2) is 24.3 Å². The number of nitrogens with zero attached hydrogens (tertiary/aromatic N) is 1. The molecule has 8 heteroatoms. The van der Waals surface area contributed by atoms with Gasteiger partial charge >= 0.3 is 6.18 Å². The second-order valence-corrected chi connectivity index (χ2v) is 6.85. The van der Waals surface area contributed by atoms with Crippen LogP contribution < -0.4 is 5.32 Å². The Morgan fingerprint density at radius 3 is 2.88 bits per heavy atom. The first-order valence-electron chi connectivity index (χ1n) is 8.69. The summed E-state index contributed by atoms with van der Waals surface area (Å²) in [5, 5.41) is 2.54. The highest BCUT2D eigenvalue weighted by atomic mass is 19.4. The first kappa shape index (κ1) is 19.1. The van der Waals surface area contributed by atoms with Crippen LogP contribution in [0.4, 0.5) is 18.9 Å². The fourth-order valence-corrected chi connectivity index (χ4v) is 3.78. The number of likely N-dealkylation sites (tertiary alicyclic amines) is 1. The second kappa shape index (κ2) is 7.54. The van der Waals surface area contributed by atoms with E-state index in [-0.39, 0.29) is 29.8 Å². The molecule has 0 unspecified atom stereocenters. The van der Waals surface area contributed by atoms with E-state index in [0.29, 0.717) is 13.1 Å². The minimum Gasteiger partial charge on any atom is -0.377 e. The van der Waals surface area contributed by atoms with E-state index < -0.39 is 11.7 Å². The number of alkyl halides is 3. The largest absolute Gasteiger partial charge is 0.416 e. The van der Waals surface area contributed by atoms with E-state index in [2.05, 4.69) is 5.32 Å². The molecule has 2 atom stereocenters. The molecule has 1 spiro atoms. The SMILES string of the molecule is CO[C@@H]1CN(CC(=O)Nc2cccc(C(F)(F)F)c2)CC[C@]12CCCO2. The van der Waals surface area contributed by atoms with Gasteiger partial charge in [0, 0.05) is 32.5 Å². The lowest BCUT2D eigenvalue weighted by Gasteiger charge is -2.44. The third kappa shape index (κ3) is 4.19. The molecule has 0 radical (unpaired) electrons. The summed E-state index contributed by atoms with van der Waals surface area (Å²) in [4.78, 5) is 14.2. The number of amides is 1. The summed E-state index contributed by atoms with van der Waals surface area (Å²) in [5.74, 6) is -0.345. The monoisotopic (exact) mass is 372 g/mol. The Kier molecular flexibility index (Phi) is 5.55. The van der Waals surface area contributed by atoms with Crippen molar-refractivity contribution in [2.75, 3.05) is 38.7 Å². The predicted octanol–water partition coefficient (Wildman–Crippen LogP) is 2.91. The molecule has 0 aliphatic carbocycles. The van der Waals surface area contributed by atoms with Crippen molar-refractivity contribution in [2.45, 2.75) is 37.1 Å². The molecule has 1 aromatic rings. The summed E-state index contributed by atoms with van der Waals surface area (Å²) in [7, 11) is 1.64. The topological polar surface area (TPSA) is 50.8 Å². The van der Waals surface area contributed by atoms with Gasteiger partial charge in [-0.25, -0.2) is 0 Å². The maximum Gasteiger partial charge on any atom is 0.416 e. The Morgan fingerprint density at radius 1 is 1.42 bits per heavy atom. The normalized spacial score (nSPS) is 27.0. The van der Waals surface area contributed by atoms with Crippen LogP contribution in [0, 0.1) is 0 Å². The number of methoxy groups -OCH3 is 1. The third-order valence-electron chi connectivity index (χ3n) is 5.12. The van der Waals surface area contributed by atoms with E-state index in [1.807, 2.05) is 4.90 Å². The molecule has 2 fully saturated rings. The Balaban J connectivity index is 1.57. The number of hydrogen-bond acceptors (Lipinski definition) is 4. The number of hydrogen-bond donors (Lipinski definition) is 1. The summed E-state index contributed by atoms with van der Waals surface area (Å²) in [6, 6.07) is 4.64. The summed E-state index contributed by atoms with van der Waals surface area (Å²) in [6.07, 6.45) is -1.80. The molecular weight excluding hydrogens is 349 g/mol. The number of rotatable bonds is 4. The summed E-state index contributed by atoms with van der Waals surface area (Å²) >= 11 is 0. The lowest BCUT2D eigenvalue weighted by atomic mass is 9.86. The third-order valence-corrected chi connectivity index (χ3v) is 5.12. The molecule has 0 bridgehead atoms. The summed E-state index contributed by atoms with van der Waals surface area (Å²) < 4.78 is 49.8. The first-order valence-corrected chi connectivity index (χ1v) is 8.69. The lowest BCUT2D eigenvalue weighted by molar-refractivity contribution is -0.145. The molecule has 2 heterocycles. The highest BCUT2D eigenvalue weighted by Crippen LogP contribution is 2.37. The summed E-state index contributed by atoms with van der Waals surface area (Å²) in [6.45, 7) is 2.09. The van der Waals surface area contributed by atoms with Gasteiger partial charge in [0.15, 0.2) is 0 Å². The lowest BCUT2D eigenvalue weighted by Crippen LogP contribution is -2.57. The zero-order chi connectivity index (χ0) is 18.8. The van der Waals surface area contributed by atoms with Gasteiger partial charge in [0.25, 0.3) is 0 Å². The summed E-state index contributed by atoms with van der Waals surface area (Å²) in [5.41, 5.74) is -0.906. The molecule has 144 valence electrons. The van der Waals surface area contributed by atoms with Crippen LogP contribution in [0.1, 0.15) is 24.8 Å². The fourth-order valence-electron chi connectivity index (χ4n) is 3.78. The van der Waals surface area contributed by atoms with Crippen molar-refractivity contribution in [3.05, 3.63) is 29.8 Å². The molecule has 1 aromatic carbocycles. The highest BCUT2D eigenvalue weighted by molar-refractivity contribution is 5.92. The number of carbonyl (C=O) groups is 1. The number of ether oxygens (including phenoxy) is 2. The average Bonchev–Trinajstić information content (AvgIpc) is 3.05. The van der Waals surface area contributed by atoms with Crippen LogP contribution in [0.3, 0.4) is 0 Å². The molecule has 26 heavy (non-hydrogen) atoms. The molecule has 5 nitrogen and oxygen atoms in total. The predicted molar refractivity (Wildman–Crippen MR) is 89.8 cm³/mol. The second-order valence-electron chi connectivity index (χ2n) is 6.85. The van der Waals surface area contributed by atoms with Crippen LogP contribution >= 0.6 is 0 Å². The Hall–Kier alpha value is -1.64. The van der Waals surface area contributed by atoms with E-state index in [1.165, 1.54) is 12.1 Å². The molecule has 2 aliphatic rings. The molecule has 1 amide bonds. The minimum atomic E-state index is -4.44. The standard InChI is InChI=1S/C18H23F3N2O3/c1-25-15-11-23(8-7-17(15)6-3-9-26-17)12-16(24)22-14-5-2-4-13(10-14)18(19,20)21/h2,4-5,10,15H,3,6-9,11-12H2,1H3,(H,22,24)/t15-,17-/m1/s1. The van der Waals surface area contributed by atoms with Crippen LogP contribution in [0.2, 0.25) is 0 Å². The zero-order valence-electron chi connectivity index (χ0n) is 14.6. The molecule has 2 saturated heterocycles. The van der Waals surface area contributed by atoms with Gasteiger partial charge in [-0.1, -0.05) is 6.07 Å². The van der Waals surface area contributed by atoms with Crippen molar-refractivity contribution in [3.63, 3.8) is 0 Å². The quantitative estimate of drug-likeness (QED) is 0.883. The van der Waals surface area contributed by atoms with Crippen molar-refractivity contribution in [1.82, 2.24) is 4.90 Å². The number of carbonyl (C=O) groups excluding carboxylic acids is 1. The van der Waals surface area contributed by atoms with Gasteiger partial charge in [0.1, 0.15) is 0 Å². The molecule has 1 N–H and O–H groups in total. The van der Waals surface area contributed by atoms with Crippen LogP contribution in [0.5, 0.6) is 0 Å². The smallest absolute Gasteiger partial charge is 0.377 e. The molecule has 2 aliphatic heterocycles. The van der Waals surface area contributed by atoms with E-state index in [0.717, 1.165) is 38.0 Å². The first-order chi connectivity index (χ1) is 12.3. The van der Waals surface area contributed by atoms with Gasteiger partial charge in [-0.2, -0.15) is 13.2 Å². The van der Waals surface area contributed by atoms with Crippen LogP contribution in [-0.2, 0) is 20.4 Å². The number of anilines is 1. The van der Waals surface area contributed by atoms with Gasteiger partial charge in [0.05, 0.1) is 23.8 Å². The maximum absolute atomic E-state index is 12.8. The number of benzene rings is 1. The maximum atomic E-state index is 12.8. The number of piperidine rings is 1. The van der Waals surface area contributed by atoms with Gasteiger partial charge in [0.2, 0.25) is 5.91 Å². The molecule has 3 rings (SSSR count). The molecule has 0 aromatic heterocycles. The molecule has 0 saturated carbocycles. The fraction of sp³-hybridized carbons (Fsp3) is 0.611. The van der Waals surface area contributed by atoms with Crippen molar-refractivity contribution in [3.8, 4) is 0 Å². The Bertz CT molecular complexity index is 645. The van der Waals surface area contributed by atoms with E-state index >= 15 is 0 Å². The van der Waals surface area contributed by atoms with Crippen molar-refractivity contribution in [1.29, 1.82) is 0 Å². The van der Waals surface area contributed by atoms with Crippen molar-refractivity contribution in [2.24, 2.45) is 0 Å². The zero-order valence-corrected chi connectivity index (χ0v) is 14.6. The van der Waals surface area contributed by atoms with Gasteiger partial charge in [-0.15, -0.1) is 0 Å². The van der Waals surface area contributed by atoms with Crippen molar-refractivity contribution >= 4 is 11.6 Å². The van der Waals surface area contributed by atoms with Crippen LogP contribution in [0.25, 0.3) is 0 Å². The minimum absolute atomic E-state index is 0.103. The van der Waals surface area contributed by atoms with Gasteiger partial charge in [-0.05, 0) is 37.5 Å². The average molecular weight is 372 g/mol. The van der Waals surface area contributed by atoms with E-state index in [4.69, 9.17) is 9.47 Å². The Labute approximate surface area is 150 Å². The number of halogens is 3. The van der Waals surface area contributed by atoms with Crippen LogP contribution in [-0.4, -0.2) is 55.9 Å². The van der Waals surface area contributed by atoms with Gasteiger partial charge < -0.3 is 14.8 Å². The van der Waals surface area contributed by atoms with Crippen molar-refractivity contribution < 1.29 is 27.4 Å². The van der Waals surface area contributed by atoms with E-state index in [1.54, 1.807) is 7.11 Å². The number of nitrogens with one attached hydrogen (secondary N) is 1. The van der Waals surface area contributed by atoms with E-state index in [9.17, 15) is 18.0 Å². The molecular formula is C18H23F3N2O3. The Morgan fingerprint density at radius 2 is 2.23 bits per heavy atom.